The van der Waals surface area contributed by atoms with Gasteiger partial charge in [0.15, 0.2) is 0 Å². The summed E-state index contributed by atoms with van der Waals surface area (Å²) in [6.07, 6.45) is 3.48. The molecule has 0 unspecified atom stereocenters. The minimum Gasteiger partial charge on any atom is -0.381 e. The van der Waals surface area contributed by atoms with Crippen molar-refractivity contribution in [3.05, 3.63) is 35.9 Å². The molecule has 1 aromatic carbocycles. The number of benzene rings is 1. The maximum Gasteiger partial charge on any atom is 0.234 e. The van der Waals surface area contributed by atoms with E-state index in [-0.39, 0.29) is 5.41 Å². The van der Waals surface area contributed by atoms with Crippen LogP contribution >= 0.6 is 0 Å². The first-order chi connectivity index (χ1) is 7.87. The standard InChI is InChI=1S/C13H15NO2/c15-11-14-10-13(6-8-16-9-7-13)12-4-2-1-3-5-12/h1-5H,6-10H2. The van der Waals surface area contributed by atoms with Gasteiger partial charge in [-0.3, -0.25) is 0 Å². The van der Waals surface area contributed by atoms with Gasteiger partial charge in [-0.2, -0.15) is 0 Å². The molecule has 1 saturated heterocycles. The quantitative estimate of drug-likeness (QED) is 0.574. The van der Waals surface area contributed by atoms with Crippen molar-refractivity contribution in [2.75, 3.05) is 19.8 Å². The van der Waals surface area contributed by atoms with Crippen molar-refractivity contribution >= 4 is 6.08 Å². The van der Waals surface area contributed by atoms with Crippen molar-refractivity contribution in [1.29, 1.82) is 0 Å². The maximum atomic E-state index is 10.3. The lowest BCUT2D eigenvalue weighted by Gasteiger charge is -2.36. The van der Waals surface area contributed by atoms with Crippen molar-refractivity contribution in [3.8, 4) is 0 Å². The smallest absolute Gasteiger partial charge is 0.234 e. The molecule has 1 aliphatic heterocycles. The molecule has 0 amide bonds. The number of hydrogen-bond donors (Lipinski definition) is 0. The molecule has 0 N–H and O–H groups in total. The van der Waals surface area contributed by atoms with Crippen LogP contribution in [0.15, 0.2) is 35.3 Å². The number of hydrogen-bond acceptors (Lipinski definition) is 3. The van der Waals surface area contributed by atoms with Gasteiger partial charge < -0.3 is 4.74 Å². The average Bonchev–Trinajstić information content (AvgIpc) is 2.38. The molecule has 0 spiro atoms. The minimum absolute atomic E-state index is 0.0308. The van der Waals surface area contributed by atoms with E-state index in [0.29, 0.717) is 6.54 Å². The van der Waals surface area contributed by atoms with Crippen molar-refractivity contribution < 1.29 is 9.53 Å². The van der Waals surface area contributed by atoms with Crippen LogP contribution in [0.25, 0.3) is 0 Å². The highest BCUT2D eigenvalue weighted by atomic mass is 16.5. The predicted octanol–water partition coefficient (Wildman–Crippen LogP) is 2.07. The third-order valence-corrected chi connectivity index (χ3v) is 3.28. The second kappa shape index (κ2) is 5.06. The van der Waals surface area contributed by atoms with Crippen LogP contribution in [0, 0.1) is 0 Å². The van der Waals surface area contributed by atoms with Gasteiger partial charge in [-0.1, -0.05) is 30.3 Å². The zero-order valence-electron chi connectivity index (χ0n) is 9.19. The summed E-state index contributed by atoms with van der Waals surface area (Å²) in [5.74, 6) is 0. The van der Waals surface area contributed by atoms with E-state index >= 15 is 0 Å². The molecule has 0 radical (unpaired) electrons. The van der Waals surface area contributed by atoms with Gasteiger partial charge in [-0.15, -0.1) is 0 Å². The monoisotopic (exact) mass is 217 g/mol. The van der Waals surface area contributed by atoms with Gasteiger partial charge in [-0.05, 0) is 18.4 Å². The fourth-order valence-electron chi connectivity index (χ4n) is 2.28. The van der Waals surface area contributed by atoms with Crippen LogP contribution in [-0.2, 0) is 14.9 Å². The van der Waals surface area contributed by atoms with E-state index in [2.05, 4.69) is 17.1 Å². The first kappa shape index (κ1) is 11.1. The van der Waals surface area contributed by atoms with Gasteiger partial charge in [-0.25, -0.2) is 9.79 Å². The molecule has 1 heterocycles. The Morgan fingerprint density at radius 1 is 1.25 bits per heavy atom. The van der Waals surface area contributed by atoms with Gasteiger partial charge in [0.2, 0.25) is 6.08 Å². The summed E-state index contributed by atoms with van der Waals surface area (Å²) in [5.41, 5.74) is 1.22. The van der Waals surface area contributed by atoms with Crippen molar-refractivity contribution in [1.82, 2.24) is 0 Å². The number of aliphatic imine (C=N–C) groups is 1. The lowest BCUT2D eigenvalue weighted by Crippen LogP contribution is -2.36. The van der Waals surface area contributed by atoms with E-state index in [1.54, 1.807) is 6.08 Å². The van der Waals surface area contributed by atoms with E-state index in [1.807, 2.05) is 18.2 Å². The molecule has 1 fully saturated rings. The molecule has 1 aliphatic rings. The van der Waals surface area contributed by atoms with Crippen LogP contribution in [0.2, 0.25) is 0 Å². The topological polar surface area (TPSA) is 38.7 Å². The first-order valence-electron chi connectivity index (χ1n) is 5.54. The van der Waals surface area contributed by atoms with Gasteiger partial charge in [0.05, 0.1) is 6.54 Å². The Kier molecular flexibility index (Phi) is 3.50. The SMILES string of the molecule is O=C=NCC1(c2ccccc2)CCOCC1. The largest absolute Gasteiger partial charge is 0.381 e. The molecular weight excluding hydrogens is 202 g/mol. The van der Waals surface area contributed by atoms with Crippen LogP contribution < -0.4 is 0 Å². The molecule has 0 aliphatic carbocycles. The highest BCUT2D eigenvalue weighted by Crippen LogP contribution is 2.34. The molecule has 2 rings (SSSR count). The van der Waals surface area contributed by atoms with E-state index in [1.165, 1.54) is 5.56 Å². The summed E-state index contributed by atoms with van der Waals surface area (Å²) < 4.78 is 5.39. The van der Waals surface area contributed by atoms with Crippen LogP contribution in [-0.4, -0.2) is 25.8 Å². The molecule has 16 heavy (non-hydrogen) atoms. The van der Waals surface area contributed by atoms with Crippen molar-refractivity contribution in [2.45, 2.75) is 18.3 Å². The Labute approximate surface area is 95.2 Å². The van der Waals surface area contributed by atoms with Crippen LogP contribution in [0.1, 0.15) is 18.4 Å². The summed E-state index contributed by atoms with van der Waals surface area (Å²) in [5, 5.41) is 0. The molecule has 0 aromatic heterocycles. The Balaban J connectivity index is 2.29. The molecule has 84 valence electrons. The lowest BCUT2D eigenvalue weighted by molar-refractivity contribution is 0.0531. The second-order valence-electron chi connectivity index (χ2n) is 4.17. The fourth-order valence-corrected chi connectivity index (χ4v) is 2.28. The van der Waals surface area contributed by atoms with E-state index in [0.717, 1.165) is 26.1 Å². The number of isocyanates is 1. The van der Waals surface area contributed by atoms with E-state index in [4.69, 9.17) is 4.74 Å². The summed E-state index contributed by atoms with van der Waals surface area (Å²) in [7, 11) is 0. The lowest BCUT2D eigenvalue weighted by atomic mass is 9.74. The Morgan fingerprint density at radius 3 is 2.56 bits per heavy atom. The number of rotatable bonds is 3. The number of nitrogens with zero attached hydrogens (tertiary/aromatic N) is 1. The summed E-state index contributed by atoms with van der Waals surface area (Å²) in [6, 6.07) is 10.3. The molecule has 3 nitrogen and oxygen atoms in total. The third kappa shape index (κ3) is 2.21. The summed E-state index contributed by atoms with van der Waals surface area (Å²) in [4.78, 5) is 14.1. The van der Waals surface area contributed by atoms with Crippen LogP contribution in [0.4, 0.5) is 0 Å². The van der Waals surface area contributed by atoms with Gasteiger partial charge in [0.25, 0.3) is 0 Å². The van der Waals surface area contributed by atoms with E-state index in [9.17, 15) is 4.79 Å². The van der Waals surface area contributed by atoms with Crippen LogP contribution in [0.5, 0.6) is 0 Å². The average molecular weight is 217 g/mol. The molecular formula is C13H15NO2. The maximum absolute atomic E-state index is 10.3. The van der Waals surface area contributed by atoms with Gasteiger partial charge in [0, 0.05) is 18.6 Å². The Morgan fingerprint density at radius 2 is 1.94 bits per heavy atom. The third-order valence-electron chi connectivity index (χ3n) is 3.28. The molecule has 3 heteroatoms. The summed E-state index contributed by atoms with van der Waals surface area (Å²) in [6.45, 7) is 2.00. The summed E-state index contributed by atoms with van der Waals surface area (Å²) >= 11 is 0. The van der Waals surface area contributed by atoms with Crippen molar-refractivity contribution in [2.24, 2.45) is 4.99 Å². The van der Waals surface area contributed by atoms with Gasteiger partial charge in [0.1, 0.15) is 0 Å². The Bertz CT molecular complexity index is 376. The number of carbonyl (C=O) groups excluding carboxylic acids is 1. The fraction of sp³-hybridized carbons (Fsp3) is 0.462. The van der Waals surface area contributed by atoms with Crippen LogP contribution in [0.3, 0.4) is 0 Å². The zero-order valence-corrected chi connectivity index (χ0v) is 9.19. The molecule has 1 aromatic rings. The highest BCUT2D eigenvalue weighted by molar-refractivity contribution is 5.35. The van der Waals surface area contributed by atoms with E-state index < -0.39 is 0 Å². The van der Waals surface area contributed by atoms with Crippen molar-refractivity contribution in [3.63, 3.8) is 0 Å². The normalized spacial score (nSPS) is 18.8. The minimum atomic E-state index is -0.0308. The molecule has 0 saturated carbocycles. The molecule has 0 bridgehead atoms. The number of ether oxygens (including phenoxy) is 1. The Hall–Kier alpha value is -1.44. The highest BCUT2D eigenvalue weighted by Gasteiger charge is 2.34. The predicted molar refractivity (Wildman–Crippen MR) is 61.2 cm³/mol. The zero-order chi connectivity index (χ0) is 11.3. The molecule has 0 atom stereocenters. The van der Waals surface area contributed by atoms with Gasteiger partial charge >= 0.3 is 0 Å². The second-order valence-corrected chi connectivity index (χ2v) is 4.17. The first-order valence-corrected chi connectivity index (χ1v) is 5.54.